The van der Waals surface area contributed by atoms with E-state index in [1.54, 1.807) is 0 Å². The summed E-state index contributed by atoms with van der Waals surface area (Å²) in [5.41, 5.74) is -0.401. The molecular weight excluding hydrogens is 262 g/mol. The highest BCUT2D eigenvalue weighted by molar-refractivity contribution is 5.81. The Kier molecular flexibility index (Phi) is 6.53. The molecule has 0 saturated heterocycles. The SMILES string of the molecule is CCOC(=O)C1(NC2CCCCC2)CCCC(CC)CC1. The molecule has 2 atom stereocenters. The molecule has 2 rings (SSSR count). The van der Waals surface area contributed by atoms with Crippen LogP contribution >= 0.6 is 0 Å². The molecule has 0 radical (unpaired) electrons. The van der Waals surface area contributed by atoms with Crippen molar-refractivity contribution in [1.29, 1.82) is 0 Å². The first-order chi connectivity index (χ1) is 10.2. The lowest BCUT2D eigenvalue weighted by Gasteiger charge is -2.37. The molecule has 2 fully saturated rings. The van der Waals surface area contributed by atoms with Gasteiger partial charge in [-0.05, 0) is 44.9 Å². The Morgan fingerprint density at radius 2 is 1.81 bits per heavy atom. The Bertz CT molecular complexity index is 325. The van der Waals surface area contributed by atoms with E-state index < -0.39 is 5.54 Å². The lowest BCUT2D eigenvalue weighted by molar-refractivity contribution is -0.152. The highest BCUT2D eigenvalue weighted by Crippen LogP contribution is 2.34. The van der Waals surface area contributed by atoms with Gasteiger partial charge in [-0.3, -0.25) is 10.1 Å². The van der Waals surface area contributed by atoms with Crippen LogP contribution in [-0.4, -0.2) is 24.2 Å². The fraction of sp³-hybridized carbons (Fsp3) is 0.944. The minimum Gasteiger partial charge on any atom is -0.465 e. The van der Waals surface area contributed by atoms with Crippen molar-refractivity contribution >= 4 is 5.97 Å². The standard InChI is InChI=1S/C18H33NO2/c1-3-15-9-8-13-18(14-12-15,17(20)21-4-2)19-16-10-6-5-7-11-16/h15-16,19H,3-14H2,1-2H3. The van der Waals surface area contributed by atoms with Gasteiger partial charge in [-0.25, -0.2) is 0 Å². The number of hydrogen-bond donors (Lipinski definition) is 1. The predicted molar refractivity (Wildman–Crippen MR) is 86.2 cm³/mol. The summed E-state index contributed by atoms with van der Waals surface area (Å²) in [6.07, 6.45) is 13.1. The smallest absolute Gasteiger partial charge is 0.326 e. The second kappa shape index (κ2) is 8.17. The predicted octanol–water partition coefficient (Wildman–Crippen LogP) is 4.20. The van der Waals surface area contributed by atoms with Crippen molar-refractivity contribution in [3.8, 4) is 0 Å². The number of esters is 1. The molecule has 0 bridgehead atoms. The van der Waals surface area contributed by atoms with Gasteiger partial charge < -0.3 is 4.74 Å². The summed E-state index contributed by atoms with van der Waals surface area (Å²) in [5, 5.41) is 3.77. The molecule has 21 heavy (non-hydrogen) atoms. The maximum absolute atomic E-state index is 12.7. The molecule has 0 aromatic carbocycles. The van der Waals surface area contributed by atoms with Gasteiger partial charge in [-0.15, -0.1) is 0 Å². The first kappa shape index (κ1) is 16.8. The summed E-state index contributed by atoms with van der Waals surface area (Å²) in [7, 11) is 0. The van der Waals surface area contributed by atoms with Gasteiger partial charge in [-0.1, -0.05) is 45.4 Å². The largest absolute Gasteiger partial charge is 0.465 e. The first-order valence-electron chi connectivity index (χ1n) is 9.15. The van der Waals surface area contributed by atoms with Crippen molar-refractivity contribution in [2.75, 3.05) is 6.61 Å². The number of ether oxygens (including phenoxy) is 1. The van der Waals surface area contributed by atoms with Gasteiger partial charge in [-0.2, -0.15) is 0 Å². The van der Waals surface area contributed by atoms with Crippen LogP contribution in [0.1, 0.15) is 84.5 Å². The van der Waals surface area contributed by atoms with E-state index in [1.807, 2.05) is 6.92 Å². The van der Waals surface area contributed by atoms with Gasteiger partial charge in [0.05, 0.1) is 6.61 Å². The number of rotatable bonds is 5. The lowest BCUT2D eigenvalue weighted by Crippen LogP contribution is -2.56. The molecule has 0 aliphatic heterocycles. The van der Waals surface area contributed by atoms with Crippen molar-refractivity contribution in [2.45, 2.75) is 96.1 Å². The third-order valence-electron chi connectivity index (χ3n) is 5.52. The van der Waals surface area contributed by atoms with Crippen LogP contribution in [0.4, 0.5) is 0 Å². The van der Waals surface area contributed by atoms with Crippen LogP contribution in [-0.2, 0) is 9.53 Å². The van der Waals surface area contributed by atoms with Crippen LogP contribution in [0.15, 0.2) is 0 Å². The minimum absolute atomic E-state index is 0.00678. The van der Waals surface area contributed by atoms with Crippen molar-refractivity contribution in [1.82, 2.24) is 5.32 Å². The van der Waals surface area contributed by atoms with Gasteiger partial charge in [0.25, 0.3) is 0 Å². The lowest BCUT2D eigenvalue weighted by atomic mass is 9.85. The quantitative estimate of drug-likeness (QED) is 0.610. The maximum Gasteiger partial charge on any atom is 0.326 e. The Hall–Kier alpha value is -0.570. The van der Waals surface area contributed by atoms with E-state index in [4.69, 9.17) is 4.74 Å². The van der Waals surface area contributed by atoms with Crippen molar-refractivity contribution < 1.29 is 9.53 Å². The number of nitrogens with one attached hydrogen (secondary N) is 1. The maximum atomic E-state index is 12.7. The van der Waals surface area contributed by atoms with Gasteiger partial charge in [0.1, 0.15) is 5.54 Å². The molecular formula is C18H33NO2. The van der Waals surface area contributed by atoms with Crippen LogP contribution in [0.3, 0.4) is 0 Å². The molecule has 122 valence electrons. The zero-order chi connectivity index (χ0) is 15.1. The Morgan fingerprint density at radius 3 is 2.48 bits per heavy atom. The zero-order valence-electron chi connectivity index (χ0n) is 14.0. The highest BCUT2D eigenvalue weighted by atomic mass is 16.5. The minimum atomic E-state index is -0.401. The second-order valence-electron chi connectivity index (χ2n) is 6.99. The van der Waals surface area contributed by atoms with Gasteiger partial charge in [0.2, 0.25) is 0 Å². The van der Waals surface area contributed by atoms with Crippen LogP contribution in [0.5, 0.6) is 0 Å². The average Bonchev–Trinajstić information content (AvgIpc) is 2.72. The van der Waals surface area contributed by atoms with E-state index in [-0.39, 0.29) is 5.97 Å². The average molecular weight is 295 g/mol. The molecule has 0 spiro atoms. The molecule has 0 heterocycles. The van der Waals surface area contributed by atoms with E-state index in [1.165, 1.54) is 44.9 Å². The summed E-state index contributed by atoms with van der Waals surface area (Å²) >= 11 is 0. The zero-order valence-corrected chi connectivity index (χ0v) is 14.0. The van der Waals surface area contributed by atoms with E-state index in [9.17, 15) is 4.79 Å². The van der Waals surface area contributed by atoms with Crippen molar-refractivity contribution in [3.63, 3.8) is 0 Å². The number of hydrogen-bond acceptors (Lipinski definition) is 3. The fourth-order valence-corrected chi connectivity index (χ4v) is 4.13. The monoisotopic (exact) mass is 295 g/mol. The Balaban J connectivity index is 2.07. The topological polar surface area (TPSA) is 38.3 Å². The molecule has 2 aliphatic rings. The molecule has 2 unspecified atom stereocenters. The second-order valence-corrected chi connectivity index (χ2v) is 6.99. The third kappa shape index (κ3) is 4.45. The molecule has 3 heteroatoms. The number of carbonyl (C=O) groups excluding carboxylic acids is 1. The van der Waals surface area contributed by atoms with E-state index in [0.717, 1.165) is 31.6 Å². The molecule has 3 nitrogen and oxygen atoms in total. The fourth-order valence-electron chi connectivity index (χ4n) is 4.13. The van der Waals surface area contributed by atoms with Crippen LogP contribution in [0.2, 0.25) is 0 Å². The summed E-state index contributed by atoms with van der Waals surface area (Å²) in [5.74, 6) is 0.793. The third-order valence-corrected chi connectivity index (χ3v) is 5.52. The van der Waals surface area contributed by atoms with E-state index in [0.29, 0.717) is 12.6 Å². The summed E-state index contributed by atoms with van der Waals surface area (Å²) < 4.78 is 5.45. The van der Waals surface area contributed by atoms with Crippen molar-refractivity contribution in [3.05, 3.63) is 0 Å². The highest BCUT2D eigenvalue weighted by Gasteiger charge is 2.42. The van der Waals surface area contributed by atoms with Gasteiger partial charge in [0, 0.05) is 6.04 Å². The van der Waals surface area contributed by atoms with E-state index >= 15 is 0 Å². The van der Waals surface area contributed by atoms with Crippen LogP contribution < -0.4 is 5.32 Å². The van der Waals surface area contributed by atoms with E-state index in [2.05, 4.69) is 12.2 Å². The van der Waals surface area contributed by atoms with Crippen LogP contribution in [0, 0.1) is 5.92 Å². The summed E-state index contributed by atoms with van der Waals surface area (Å²) in [6.45, 7) is 4.68. The molecule has 1 N–H and O–H groups in total. The van der Waals surface area contributed by atoms with Crippen molar-refractivity contribution in [2.24, 2.45) is 5.92 Å². The Labute approximate surface area is 130 Å². The summed E-state index contributed by atoms with van der Waals surface area (Å²) in [6, 6.07) is 0.515. The molecule has 2 saturated carbocycles. The molecule has 2 aliphatic carbocycles. The van der Waals surface area contributed by atoms with Crippen LogP contribution in [0.25, 0.3) is 0 Å². The summed E-state index contributed by atoms with van der Waals surface area (Å²) in [4.78, 5) is 12.7. The van der Waals surface area contributed by atoms with Gasteiger partial charge in [0.15, 0.2) is 0 Å². The normalized spacial score (nSPS) is 31.6. The number of carbonyl (C=O) groups is 1. The molecule has 0 aromatic heterocycles. The van der Waals surface area contributed by atoms with Gasteiger partial charge >= 0.3 is 5.97 Å². The first-order valence-corrected chi connectivity index (χ1v) is 9.15. The molecule has 0 amide bonds. The molecule has 0 aromatic rings. The Morgan fingerprint density at radius 1 is 1.05 bits per heavy atom.